The first kappa shape index (κ1) is 9.94. The highest BCUT2D eigenvalue weighted by Gasteiger charge is 2.41. The van der Waals surface area contributed by atoms with Crippen molar-refractivity contribution in [3.63, 3.8) is 0 Å². The van der Waals surface area contributed by atoms with Gasteiger partial charge in [0.2, 0.25) is 10.0 Å². The summed E-state index contributed by atoms with van der Waals surface area (Å²) in [5.41, 5.74) is 0. The van der Waals surface area contributed by atoms with Gasteiger partial charge in [-0.15, -0.1) is 0 Å². The maximum atomic E-state index is 10.9. The largest absolute Gasteiger partial charge is 0.229 e. The Hall–Kier alpha value is -0.140. The Kier molecular flexibility index (Phi) is 2.22. The minimum atomic E-state index is -3.52. The molecular formula is C5H11NO4S2. The Morgan fingerprint density at radius 3 is 1.75 bits per heavy atom. The zero-order valence-corrected chi connectivity index (χ0v) is 8.23. The minimum absolute atomic E-state index is 0.150. The molecule has 0 spiro atoms. The van der Waals surface area contributed by atoms with Crippen molar-refractivity contribution in [1.29, 1.82) is 0 Å². The summed E-state index contributed by atoms with van der Waals surface area (Å²) < 4.78 is 43.0. The van der Waals surface area contributed by atoms with Crippen molar-refractivity contribution >= 4 is 19.9 Å². The molecule has 1 aliphatic rings. The molecule has 0 aliphatic heterocycles. The van der Waals surface area contributed by atoms with Gasteiger partial charge in [0.1, 0.15) is 9.84 Å². The molecule has 0 saturated heterocycles. The minimum Gasteiger partial charge on any atom is -0.229 e. The normalized spacial score (nSPS) is 31.2. The second-order valence-corrected chi connectivity index (χ2v) is 7.30. The third-order valence-corrected chi connectivity index (χ3v) is 5.03. The van der Waals surface area contributed by atoms with Crippen molar-refractivity contribution in [3.05, 3.63) is 0 Å². The van der Waals surface area contributed by atoms with Crippen molar-refractivity contribution < 1.29 is 16.8 Å². The average molecular weight is 213 g/mol. The first-order chi connectivity index (χ1) is 5.21. The van der Waals surface area contributed by atoms with Gasteiger partial charge in [0.05, 0.1) is 10.5 Å². The highest BCUT2D eigenvalue weighted by atomic mass is 32.2. The summed E-state index contributed by atoms with van der Waals surface area (Å²) in [6.07, 6.45) is 1.41. The predicted octanol–water partition coefficient (Wildman–Crippen LogP) is -1.15. The van der Waals surface area contributed by atoms with Crippen LogP contribution < -0.4 is 5.14 Å². The Labute approximate surface area is 71.9 Å². The monoisotopic (exact) mass is 213 g/mol. The second kappa shape index (κ2) is 2.68. The van der Waals surface area contributed by atoms with E-state index < -0.39 is 30.4 Å². The van der Waals surface area contributed by atoms with Crippen molar-refractivity contribution in [2.45, 2.75) is 23.3 Å². The molecular weight excluding hydrogens is 202 g/mol. The standard InChI is InChI=1S/C5H11NO4S2/c1-11(7,8)4-2-5(3-4)12(6,9)10/h4-5H,2-3H2,1H3,(H2,6,9,10). The van der Waals surface area contributed by atoms with Gasteiger partial charge in [-0.1, -0.05) is 0 Å². The summed E-state index contributed by atoms with van der Waals surface area (Å²) in [6, 6.07) is 0. The smallest absolute Gasteiger partial charge is 0.212 e. The number of hydrogen-bond acceptors (Lipinski definition) is 4. The van der Waals surface area contributed by atoms with Crippen LogP contribution in [0.3, 0.4) is 0 Å². The van der Waals surface area contributed by atoms with Crippen LogP contribution in [0.2, 0.25) is 0 Å². The first-order valence-electron chi connectivity index (χ1n) is 3.42. The molecule has 0 heterocycles. The number of rotatable bonds is 2. The fourth-order valence-electron chi connectivity index (χ4n) is 1.14. The lowest BCUT2D eigenvalue weighted by molar-refractivity contribution is 0.464. The van der Waals surface area contributed by atoms with E-state index >= 15 is 0 Å². The highest BCUT2D eigenvalue weighted by Crippen LogP contribution is 2.30. The van der Waals surface area contributed by atoms with Crippen molar-refractivity contribution in [3.8, 4) is 0 Å². The van der Waals surface area contributed by atoms with Crippen LogP contribution in [-0.4, -0.2) is 33.6 Å². The van der Waals surface area contributed by atoms with Gasteiger partial charge in [-0.05, 0) is 12.8 Å². The lowest BCUT2D eigenvalue weighted by atomic mass is 9.99. The van der Waals surface area contributed by atoms with E-state index in [1.807, 2.05) is 0 Å². The molecule has 0 aromatic carbocycles. The van der Waals surface area contributed by atoms with E-state index in [-0.39, 0.29) is 12.8 Å². The molecule has 12 heavy (non-hydrogen) atoms. The van der Waals surface area contributed by atoms with E-state index in [0.717, 1.165) is 6.26 Å². The lowest BCUT2D eigenvalue weighted by Crippen LogP contribution is -2.46. The summed E-state index contributed by atoms with van der Waals surface area (Å²) in [6.45, 7) is 0. The predicted molar refractivity (Wildman–Crippen MR) is 44.8 cm³/mol. The van der Waals surface area contributed by atoms with Crippen molar-refractivity contribution in [2.75, 3.05) is 6.26 Å². The molecule has 1 fully saturated rings. The number of nitrogens with two attached hydrogens (primary N) is 1. The maximum Gasteiger partial charge on any atom is 0.212 e. The molecule has 1 aliphatic carbocycles. The molecule has 72 valence electrons. The summed E-state index contributed by atoms with van der Waals surface area (Å²) in [4.78, 5) is 0. The van der Waals surface area contributed by atoms with E-state index in [4.69, 9.17) is 5.14 Å². The summed E-state index contributed by atoms with van der Waals surface area (Å²) in [5, 5.41) is 3.66. The molecule has 0 radical (unpaired) electrons. The topological polar surface area (TPSA) is 94.3 Å². The maximum absolute atomic E-state index is 10.9. The van der Waals surface area contributed by atoms with E-state index in [9.17, 15) is 16.8 Å². The zero-order valence-electron chi connectivity index (χ0n) is 6.60. The molecule has 0 aromatic heterocycles. The molecule has 0 amide bonds. The van der Waals surface area contributed by atoms with E-state index in [0.29, 0.717) is 0 Å². The first-order valence-corrected chi connectivity index (χ1v) is 6.98. The van der Waals surface area contributed by atoms with Crippen LogP contribution in [0, 0.1) is 0 Å². The van der Waals surface area contributed by atoms with Gasteiger partial charge >= 0.3 is 0 Å². The number of primary sulfonamides is 1. The molecule has 5 nitrogen and oxygen atoms in total. The van der Waals surface area contributed by atoms with Crippen LogP contribution >= 0.6 is 0 Å². The SMILES string of the molecule is CS(=O)(=O)C1CC(S(N)(=O)=O)C1. The molecule has 0 bridgehead atoms. The van der Waals surface area contributed by atoms with Gasteiger partial charge in [-0.25, -0.2) is 22.0 Å². The Balaban J connectivity index is 2.62. The zero-order chi connectivity index (χ0) is 9.57. The Morgan fingerprint density at radius 1 is 1.08 bits per heavy atom. The van der Waals surface area contributed by atoms with Crippen LogP contribution in [0.4, 0.5) is 0 Å². The van der Waals surface area contributed by atoms with Crippen molar-refractivity contribution in [1.82, 2.24) is 0 Å². The van der Waals surface area contributed by atoms with Gasteiger partial charge in [0.25, 0.3) is 0 Å². The lowest BCUT2D eigenvalue weighted by Gasteiger charge is -2.31. The molecule has 1 saturated carbocycles. The fourth-order valence-corrected chi connectivity index (χ4v) is 3.54. The molecule has 0 aromatic rings. The molecule has 7 heteroatoms. The Morgan fingerprint density at radius 2 is 1.50 bits per heavy atom. The molecule has 2 N–H and O–H groups in total. The Bertz CT molecular complexity index is 326. The van der Waals surface area contributed by atoms with Gasteiger partial charge in [-0.3, -0.25) is 0 Å². The average Bonchev–Trinajstić information content (AvgIpc) is 1.46. The summed E-state index contributed by atoms with van der Waals surface area (Å²) in [7, 11) is -6.60. The van der Waals surface area contributed by atoms with Crippen LogP contribution in [0.5, 0.6) is 0 Å². The van der Waals surface area contributed by atoms with Crippen LogP contribution in [0.1, 0.15) is 12.8 Å². The van der Waals surface area contributed by atoms with Gasteiger partial charge in [-0.2, -0.15) is 0 Å². The number of sulfonamides is 1. The van der Waals surface area contributed by atoms with Crippen LogP contribution in [0.25, 0.3) is 0 Å². The number of hydrogen-bond donors (Lipinski definition) is 1. The fraction of sp³-hybridized carbons (Fsp3) is 1.00. The third-order valence-electron chi connectivity index (χ3n) is 2.12. The second-order valence-electron chi connectivity index (χ2n) is 3.13. The quantitative estimate of drug-likeness (QED) is 0.626. The summed E-state index contributed by atoms with van der Waals surface area (Å²) in [5.74, 6) is 0. The van der Waals surface area contributed by atoms with Crippen LogP contribution in [-0.2, 0) is 19.9 Å². The van der Waals surface area contributed by atoms with E-state index in [1.54, 1.807) is 0 Å². The van der Waals surface area contributed by atoms with Gasteiger partial charge < -0.3 is 0 Å². The van der Waals surface area contributed by atoms with E-state index in [1.165, 1.54) is 0 Å². The van der Waals surface area contributed by atoms with Crippen LogP contribution in [0.15, 0.2) is 0 Å². The highest BCUT2D eigenvalue weighted by molar-refractivity contribution is 7.92. The van der Waals surface area contributed by atoms with Crippen molar-refractivity contribution in [2.24, 2.45) is 5.14 Å². The summed E-state index contributed by atoms with van der Waals surface area (Å²) >= 11 is 0. The molecule has 0 atom stereocenters. The van der Waals surface area contributed by atoms with Gasteiger partial charge in [0.15, 0.2) is 0 Å². The molecule has 1 rings (SSSR count). The van der Waals surface area contributed by atoms with Gasteiger partial charge in [0, 0.05) is 6.26 Å². The van der Waals surface area contributed by atoms with E-state index in [2.05, 4.69) is 0 Å². The number of sulfone groups is 1. The third kappa shape index (κ3) is 1.96. The molecule has 0 unspecified atom stereocenters.